The third-order valence-electron chi connectivity index (χ3n) is 9.82. The fourth-order valence-corrected chi connectivity index (χ4v) is 6.90. The summed E-state index contributed by atoms with van der Waals surface area (Å²) in [6.45, 7) is 15.7. The van der Waals surface area contributed by atoms with Crippen LogP contribution in [0.15, 0.2) is 152 Å². The van der Waals surface area contributed by atoms with E-state index in [1.165, 1.54) is 61.2 Å². The standard InChI is InChI=1S/C49H51N/c1-7-14-40-17-12-13-18-47(40)48-34-41(29-30-49(48,5)6)38-21-25-45(26-22-38)50-46-27-23-39(24-28-46)44-32-42(36(8-2)20-19-35(3)4)31-43(33-44)37-15-10-9-11-16-37/h8-13,15-18,20-29,31-35,50H,2,7,14,19,30H2,1,3-6H3/b36-20+. The molecule has 0 aliphatic heterocycles. The average Bonchev–Trinajstić information content (AvgIpc) is 3.13. The predicted octanol–water partition coefficient (Wildman–Crippen LogP) is 14.2. The molecular weight excluding hydrogens is 603 g/mol. The molecule has 6 rings (SSSR count). The third-order valence-corrected chi connectivity index (χ3v) is 9.82. The van der Waals surface area contributed by atoms with Crippen molar-refractivity contribution in [1.29, 1.82) is 0 Å². The molecular formula is C49H51N. The van der Waals surface area contributed by atoms with Crippen molar-refractivity contribution in [2.24, 2.45) is 11.3 Å². The highest BCUT2D eigenvalue weighted by atomic mass is 14.9. The van der Waals surface area contributed by atoms with Crippen molar-refractivity contribution in [2.75, 3.05) is 5.32 Å². The van der Waals surface area contributed by atoms with Gasteiger partial charge in [-0.3, -0.25) is 0 Å². The summed E-state index contributed by atoms with van der Waals surface area (Å²) in [6, 6.07) is 44.1. The van der Waals surface area contributed by atoms with E-state index in [4.69, 9.17) is 0 Å². The van der Waals surface area contributed by atoms with E-state index in [1.807, 2.05) is 6.08 Å². The van der Waals surface area contributed by atoms with Gasteiger partial charge in [-0.05, 0) is 134 Å². The Morgan fingerprint density at radius 1 is 0.740 bits per heavy atom. The third kappa shape index (κ3) is 8.17. The molecule has 0 amide bonds. The number of benzene rings is 5. The summed E-state index contributed by atoms with van der Waals surface area (Å²) in [5.74, 6) is 0.595. The number of nitrogens with one attached hydrogen (secondary N) is 1. The maximum Gasteiger partial charge on any atom is 0.0384 e. The van der Waals surface area contributed by atoms with Gasteiger partial charge in [0.05, 0.1) is 0 Å². The Hall–Kier alpha value is -5.14. The lowest BCUT2D eigenvalue weighted by Gasteiger charge is -2.32. The summed E-state index contributed by atoms with van der Waals surface area (Å²) in [5, 5.41) is 3.63. The normalized spacial score (nSPS) is 14.2. The molecule has 1 aliphatic carbocycles. The number of allylic oxidation sites excluding steroid dienone is 7. The second-order valence-electron chi connectivity index (χ2n) is 14.7. The van der Waals surface area contributed by atoms with Gasteiger partial charge in [-0.1, -0.05) is 151 Å². The number of aryl methyl sites for hydroxylation is 1. The monoisotopic (exact) mass is 653 g/mol. The molecule has 0 bridgehead atoms. The zero-order valence-electron chi connectivity index (χ0n) is 30.5. The average molecular weight is 654 g/mol. The Morgan fingerprint density at radius 2 is 1.34 bits per heavy atom. The van der Waals surface area contributed by atoms with Gasteiger partial charge in [0.25, 0.3) is 0 Å². The molecule has 0 unspecified atom stereocenters. The number of hydrogen-bond acceptors (Lipinski definition) is 1. The first-order chi connectivity index (χ1) is 24.2. The molecule has 50 heavy (non-hydrogen) atoms. The van der Waals surface area contributed by atoms with Crippen LogP contribution in [0.3, 0.4) is 0 Å². The minimum absolute atomic E-state index is 0.101. The van der Waals surface area contributed by atoms with E-state index in [1.54, 1.807) is 0 Å². The van der Waals surface area contributed by atoms with Crippen molar-refractivity contribution < 1.29 is 0 Å². The van der Waals surface area contributed by atoms with Crippen LogP contribution in [0, 0.1) is 11.3 Å². The maximum absolute atomic E-state index is 4.15. The van der Waals surface area contributed by atoms with Crippen molar-refractivity contribution in [1.82, 2.24) is 0 Å². The minimum Gasteiger partial charge on any atom is -0.356 e. The van der Waals surface area contributed by atoms with E-state index >= 15 is 0 Å². The van der Waals surface area contributed by atoms with Crippen molar-refractivity contribution >= 4 is 28.1 Å². The van der Waals surface area contributed by atoms with Gasteiger partial charge >= 0.3 is 0 Å². The molecule has 0 saturated heterocycles. The van der Waals surface area contributed by atoms with Crippen LogP contribution in [0.2, 0.25) is 0 Å². The first kappa shape index (κ1) is 34.7. The number of hydrogen-bond donors (Lipinski definition) is 1. The second-order valence-corrected chi connectivity index (χ2v) is 14.7. The highest BCUT2D eigenvalue weighted by Crippen LogP contribution is 2.45. The van der Waals surface area contributed by atoms with Gasteiger partial charge in [0.2, 0.25) is 0 Å². The van der Waals surface area contributed by atoms with Crippen molar-refractivity contribution in [3.05, 3.63) is 174 Å². The zero-order valence-corrected chi connectivity index (χ0v) is 30.5. The van der Waals surface area contributed by atoms with E-state index < -0.39 is 0 Å². The summed E-state index contributed by atoms with van der Waals surface area (Å²) >= 11 is 0. The van der Waals surface area contributed by atoms with Gasteiger partial charge < -0.3 is 5.32 Å². The molecule has 0 spiro atoms. The molecule has 1 heteroatoms. The summed E-state index contributed by atoms with van der Waals surface area (Å²) in [4.78, 5) is 0. The Kier molecular flexibility index (Phi) is 10.8. The Balaban J connectivity index is 1.22. The summed E-state index contributed by atoms with van der Waals surface area (Å²) in [6.07, 6.45) is 13.4. The minimum atomic E-state index is 0.101. The number of anilines is 2. The van der Waals surface area contributed by atoms with E-state index in [9.17, 15) is 0 Å². The highest BCUT2D eigenvalue weighted by molar-refractivity contribution is 5.89. The molecule has 5 aromatic rings. The van der Waals surface area contributed by atoms with Crippen LogP contribution in [0.1, 0.15) is 76.1 Å². The SMILES string of the molecule is C=C/C(=C\CC(C)C)c1cc(-c2ccccc2)cc(-c2ccc(Nc3ccc(C4=CCC(C)(C)C(c5ccccc5CCC)=C4)cc3)cc2)c1. The fraction of sp³-hybridized carbons (Fsp3) is 0.224. The molecule has 1 nitrogen and oxygen atoms in total. The van der Waals surface area contributed by atoms with Gasteiger partial charge in [0, 0.05) is 11.4 Å². The number of rotatable bonds is 12. The predicted molar refractivity (Wildman–Crippen MR) is 219 cm³/mol. The smallest absolute Gasteiger partial charge is 0.0384 e. The lowest BCUT2D eigenvalue weighted by Crippen LogP contribution is -2.17. The van der Waals surface area contributed by atoms with Gasteiger partial charge in [-0.25, -0.2) is 0 Å². The topological polar surface area (TPSA) is 12.0 Å². The van der Waals surface area contributed by atoms with Gasteiger partial charge in [0.1, 0.15) is 0 Å². The first-order valence-electron chi connectivity index (χ1n) is 18.3. The van der Waals surface area contributed by atoms with Crippen LogP contribution in [0.25, 0.3) is 39.0 Å². The van der Waals surface area contributed by atoms with Crippen LogP contribution in [0.5, 0.6) is 0 Å². The Labute approximate surface area is 300 Å². The van der Waals surface area contributed by atoms with E-state index in [0.29, 0.717) is 5.92 Å². The highest BCUT2D eigenvalue weighted by Gasteiger charge is 2.28. The summed E-state index contributed by atoms with van der Waals surface area (Å²) in [7, 11) is 0. The van der Waals surface area contributed by atoms with Crippen molar-refractivity contribution in [3.8, 4) is 22.3 Å². The molecule has 0 atom stereocenters. The molecule has 0 fully saturated rings. The molecule has 0 saturated carbocycles. The van der Waals surface area contributed by atoms with Gasteiger partial charge in [-0.15, -0.1) is 0 Å². The van der Waals surface area contributed by atoms with Crippen LogP contribution in [-0.2, 0) is 6.42 Å². The van der Waals surface area contributed by atoms with Crippen LogP contribution in [-0.4, -0.2) is 0 Å². The van der Waals surface area contributed by atoms with Crippen LogP contribution < -0.4 is 5.32 Å². The van der Waals surface area contributed by atoms with Crippen LogP contribution in [0.4, 0.5) is 11.4 Å². The van der Waals surface area contributed by atoms with Crippen molar-refractivity contribution in [2.45, 2.75) is 60.3 Å². The maximum atomic E-state index is 4.15. The molecule has 1 aliphatic rings. The second kappa shape index (κ2) is 15.6. The van der Waals surface area contributed by atoms with Crippen LogP contribution >= 0.6 is 0 Å². The van der Waals surface area contributed by atoms with E-state index in [2.05, 4.69) is 186 Å². The molecule has 0 aromatic heterocycles. The zero-order chi connectivity index (χ0) is 35.1. The fourth-order valence-electron chi connectivity index (χ4n) is 6.90. The van der Waals surface area contributed by atoms with E-state index in [-0.39, 0.29) is 5.41 Å². The lowest BCUT2D eigenvalue weighted by molar-refractivity contribution is 0.506. The molecule has 0 radical (unpaired) electrons. The molecule has 0 heterocycles. The van der Waals surface area contributed by atoms with Gasteiger partial charge in [0.15, 0.2) is 0 Å². The summed E-state index contributed by atoms with van der Waals surface area (Å²) in [5.41, 5.74) is 16.3. The van der Waals surface area contributed by atoms with Crippen molar-refractivity contribution in [3.63, 3.8) is 0 Å². The Morgan fingerprint density at radius 3 is 1.96 bits per heavy atom. The lowest BCUT2D eigenvalue weighted by atomic mass is 9.72. The first-order valence-corrected chi connectivity index (χ1v) is 18.3. The quantitative estimate of drug-likeness (QED) is 0.132. The Bertz CT molecular complexity index is 2020. The molecule has 252 valence electrons. The van der Waals surface area contributed by atoms with E-state index in [0.717, 1.165) is 37.1 Å². The van der Waals surface area contributed by atoms with Gasteiger partial charge in [-0.2, -0.15) is 0 Å². The summed E-state index contributed by atoms with van der Waals surface area (Å²) < 4.78 is 0. The molecule has 1 N–H and O–H groups in total. The molecule has 5 aromatic carbocycles. The largest absolute Gasteiger partial charge is 0.356 e.